The summed E-state index contributed by atoms with van der Waals surface area (Å²) in [6.07, 6.45) is 0. The highest BCUT2D eigenvalue weighted by Crippen LogP contribution is 2.33. The van der Waals surface area contributed by atoms with Gasteiger partial charge in [0.25, 0.3) is 11.8 Å². The standard InChI is InChI=1S/C12H10ClN3O3/c1-5(2)9-7(4-14)10(15-19-9)16-11(17)6(3)8(13)12(16)18/h5H,1-3H3. The number of amides is 2. The third kappa shape index (κ3) is 1.83. The van der Waals surface area contributed by atoms with Gasteiger partial charge < -0.3 is 4.52 Å². The zero-order valence-corrected chi connectivity index (χ0v) is 11.3. The summed E-state index contributed by atoms with van der Waals surface area (Å²) in [6, 6.07) is 1.91. The highest BCUT2D eigenvalue weighted by atomic mass is 35.5. The van der Waals surface area contributed by atoms with Crippen molar-refractivity contribution in [2.24, 2.45) is 0 Å². The summed E-state index contributed by atoms with van der Waals surface area (Å²) in [4.78, 5) is 24.6. The number of hydrogen-bond acceptors (Lipinski definition) is 5. The largest absolute Gasteiger partial charge is 0.357 e. The van der Waals surface area contributed by atoms with E-state index in [1.165, 1.54) is 6.92 Å². The predicted molar refractivity (Wildman–Crippen MR) is 66.4 cm³/mol. The fraction of sp³-hybridized carbons (Fsp3) is 0.333. The molecule has 1 aliphatic heterocycles. The van der Waals surface area contributed by atoms with Gasteiger partial charge in [0.2, 0.25) is 5.82 Å². The van der Waals surface area contributed by atoms with Gasteiger partial charge in [-0.1, -0.05) is 30.6 Å². The first-order chi connectivity index (χ1) is 8.90. The normalized spacial score (nSPS) is 15.7. The first-order valence-corrected chi connectivity index (χ1v) is 5.92. The lowest BCUT2D eigenvalue weighted by Gasteiger charge is -2.10. The molecule has 0 radical (unpaired) electrons. The second-order valence-electron chi connectivity index (χ2n) is 4.40. The number of aromatic nitrogens is 1. The lowest BCUT2D eigenvalue weighted by molar-refractivity contribution is -0.120. The Bertz CT molecular complexity index is 628. The summed E-state index contributed by atoms with van der Waals surface area (Å²) in [5.74, 6) is -1.14. The van der Waals surface area contributed by atoms with Crippen molar-refractivity contribution in [2.45, 2.75) is 26.7 Å². The Morgan fingerprint density at radius 2 is 2.00 bits per heavy atom. The quantitative estimate of drug-likeness (QED) is 0.773. The molecule has 2 amide bonds. The van der Waals surface area contributed by atoms with Crippen LogP contribution in [0, 0.1) is 11.3 Å². The highest BCUT2D eigenvalue weighted by Gasteiger charge is 2.40. The lowest BCUT2D eigenvalue weighted by Crippen LogP contribution is -2.32. The van der Waals surface area contributed by atoms with Crippen LogP contribution in [0.15, 0.2) is 15.1 Å². The minimum atomic E-state index is -0.690. The SMILES string of the molecule is CC1=C(Cl)C(=O)N(c2noc(C(C)C)c2C#N)C1=O. The fourth-order valence-corrected chi connectivity index (χ4v) is 1.92. The van der Waals surface area contributed by atoms with Crippen molar-refractivity contribution in [1.29, 1.82) is 5.26 Å². The van der Waals surface area contributed by atoms with Crippen molar-refractivity contribution < 1.29 is 14.1 Å². The van der Waals surface area contributed by atoms with E-state index in [1.54, 1.807) is 0 Å². The van der Waals surface area contributed by atoms with E-state index in [1.807, 2.05) is 19.9 Å². The molecular formula is C12H10ClN3O3. The summed E-state index contributed by atoms with van der Waals surface area (Å²) in [7, 11) is 0. The third-order valence-electron chi connectivity index (χ3n) is 2.79. The molecule has 1 aromatic rings. The molecule has 6 nitrogen and oxygen atoms in total. The second kappa shape index (κ2) is 4.52. The van der Waals surface area contributed by atoms with Crippen LogP contribution in [0.25, 0.3) is 0 Å². The smallest absolute Gasteiger partial charge is 0.278 e. The maximum absolute atomic E-state index is 11.9. The Morgan fingerprint density at radius 1 is 1.37 bits per heavy atom. The Kier molecular flexibility index (Phi) is 3.16. The van der Waals surface area contributed by atoms with Crippen molar-refractivity contribution in [3.8, 4) is 6.07 Å². The molecule has 0 aromatic carbocycles. The Hall–Kier alpha value is -2.13. The van der Waals surface area contributed by atoms with Crippen molar-refractivity contribution in [3.05, 3.63) is 21.9 Å². The van der Waals surface area contributed by atoms with E-state index in [0.29, 0.717) is 5.76 Å². The average molecular weight is 280 g/mol. The fourth-order valence-electron chi connectivity index (χ4n) is 1.75. The first kappa shape index (κ1) is 13.3. The Labute approximate surface area is 114 Å². The zero-order valence-electron chi connectivity index (χ0n) is 10.5. The first-order valence-electron chi connectivity index (χ1n) is 5.55. The number of anilines is 1. The molecule has 0 saturated carbocycles. The topological polar surface area (TPSA) is 87.2 Å². The van der Waals surface area contributed by atoms with Crippen LogP contribution < -0.4 is 4.90 Å². The summed E-state index contributed by atoms with van der Waals surface area (Å²) < 4.78 is 5.05. The van der Waals surface area contributed by atoms with Gasteiger partial charge >= 0.3 is 0 Å². The molecule has 0 unspecified atom stereocenters. The predicted octanol–water partition coefficient (Wildman–Crippen LogP) is 2.06. The van der Waals surface area contributed by atoms with Gasteiger partial charge in [0, 0.05) is 11.5 Å². The number of nitrogens with zero attached hydrogens (tertiary/aromatic N) is 3. The van der Waals surface area contributed by atoms with E-state index in [9.17, 15) is 9.59 Å². The van der Waals surface area contributed by atoms with Crippen molar-refractivity contribution >= 4 is 29.2 Å². The number of hydrogen-bond donors (Lipinski definition) is 0. The second-order valence-corrected chi connectivity index (χ2v) is 4.77. The summed E-state index contributed by atoms with van der Waals surface area (Å²) in [5, 5.41) is 12.7. The summed E-state index contributed by atoms with van der Waals surface area (Å²) in [6.45, 7) is 5.07. The number of imide groups is 1. The maximum atomic E-state index is 11.9. The van der Waals surface area contributed by atoms with Crippen LogP contribution in [0.1, 0.15) is 38.0 Å². The van der Waals surface area contributed by atoms with E-state index >= 15 is 0 Å². The van der Waals surface area contributed by atoms with Crippen molar-refractivity contribution in [3.63, 3.8) is 0 Å². The molecule has 0 fully saturated rings. The van der Waals surface area contributed by atoms with E-state index in [4.69, 9.17) is 21.4 Å². The molecule has 7 heteroatoms. The van der Waals surface area contributed by atoms with E-state index < -0.39 is 11.8 Å². The van der Waals surface area contributed by atoms with Crippen LogP contribution in [0.4, 0.5) is 5.82 Å². The molecule has 2 rings (SSSR count). The van der Waals surface area contributed by atoms with Gasteiger partial charge in [-0.3, -0.25) is 9.59 Å². The highest BCUT2D eigenvalue weighted by molar-refractivity contribution is 6.52. The minimum absolute atomic E-state index is 0.0795. The van der Waals surface area contributed by atoms with Crippen LogP contribution in [0.2, 0.25) is 0 Å². The van der Waals surface area contributed by atoms with Crippen LogP contribution in [0.3, 0.4) is 0 Å². The molecule has 0 bridgehead atoms. The van der Waals surface area contributed by atoms with E-state index in [0.717, 1.165) is 4.90 Å². The van der Waals surface area contributed by atoms with E-state index in [2.05, 4.69) is 5.16 Å². The monoisotopic (exact) mass is 279 g/mol. The van der Waals surface area contributed by atoms with Gasteiger partial charge in [-0.05, 0) is 6.92 Å². The number of halogens is 1. The van der Waals surface area contributed by atoms with Crippen LogP contribution in [0.5, 0.6) is 0 Å². The molecule has 0 N–H and O–H groups in total. The number of carbonyl (C=O) groups excluding carboxylic acids is 2. The zero-order chi connectivity index (χ0) is 14.3. The maximum Gasteiger partial charge on any atom is 0.278 e. The molecule has 0 saturated heterocycles. The van der Waals surface area contributed by atoms with E-state index in [-0.39, 0.29) is 27.9 Å². The van der Waals surface area contributed by atoms with Crippen molar-refractivity contribution in [1.82, 2.24) is 5.16 Å². The summed E-state index contributed by atoms with van der Waals surface area (Å²) in [5.41, 5.74) is 0.209. The van der Waals surface area contributed by atoms with Crippen LogP contribution in [-0.2, 0) is 9.59 Å². The molecule has 1 aliphatic rings. The molecule has 98 valence electrons. The molecule has 2 heterocycles. The molecule has 1 aromatic heterocycles. The molecule has 0 spiro atoms. The summed E-state index contributed by atoms with van der Waals surface area (Å²) >= 11 is 5.74. The Morgan fingerprint density at radius 3 is 2.42 bits per heavy atom. The van der Waals surface area contributed by atoms with Gasteiger partial charge in [-0.25, -0.2) is 4.90 Å². The van der Waals surface area contributed by atoms with Crippen LogP contribution >= 0.6 is 11.6 Å². The number of nitriles is 1. The van der Waals surface area contributed by atoms with Gasteiger partial charge in [0.05, 0.1) is 0 Å². The molecule has 0 aliphatic carbocycles. The number of rotatable bonds is 2. The van der Waals surface area contributed by atoms with Gasteiger partial charge in [-0.15, -0.1) is 0 Å². The van der Waals surface area contributed by atoms with Gasteiger partial charge in [-0.2, -0.15) is 5.26 Å². The van der Waals surface area contributed by atoms with Crippen molar-refractivity contribution in [2.75, 3.05) is 4.90 Å². The minimum Gasteiger partial charge on any atom is -0.357 e. The van der Waals surface area contributed by atoms with Crippen LogP contribution in [-0.4, -0.2) is 17.0 Å². The molecule has 19 heavy (non-hydrogen) atoms. The van der Waals surface area contributed by atoms with Gasteiger partial charge in [0.15, 0.2) is 5.76 Å². The van der Waals surface area contributed by atoms with Gasteiger partial charge in [0.1, 0.15) is 16.7 Å². The molecule has 0 atom stereocenters. The Balaban J connectivity index is 2.55. The number of carbonyl (C=O) groups is 2. The lowest BCUT2D eigenvalue weighted by atomic mass is 10.1. The molecular weight excluding hydrogens is 270 g/mol. The average Bonchev–Trinajstić information content (AvgIpc) is 2.86. The third-order valence-corrected chi connectivity index (χ3v) is 3.24.